The Morgan fingerprint density at radius 1 is 1.18 bits per heavy atom. The van der Waals surface area contributed by atoms with Crippen molar-refractivity contribution in [1.29, 1.82) is 0 Å². The molecule has 3 aromatic rings. The van der Waals surface area contributed by atoms with Crippen molar-refractivity contribution in [2.75, 3.05) is 5.32 Å². The van der Waals surface area contributed by atoms with Crippen molar-refractivity contribution in [2.24, 2.45) is 7.05 Å². The molecule has 0 radical (unpaired) electrons. The number of benzene rings is 2. The molecule has 172 valence electrons. The second kappa shape index (κ2) is 11.8. The van der Waals surface area contributed by atoms with Gasteiger partial charge in [-0.25, -0.2) is 4.79 Å². The molecule has 2 amide bonds. The number of carbonyl (C=O) groups is 2. The molecule has 34 heavy (non-hydrogen) atoms. The summed E-state index contributed by atoms with van der Waals surface area (Å²) in [5, 5.41) is 27.3. The van der Waals surface area contributed by atoms with Gasteiger partial charge in [0.05, 0.1) is 6.04 Å². The molecule has 0 bridgehead atoms. The molecule has 11 heteroatoms. The maximum atomic E-state index is 12.6. The fourth-order valence-corrected chi connectivity index (χ4v) is 3.76. The van der Waals surface area contributed by atoms with Crippen molar-refractivity contribution < 1.29 is 49.4 Å². The van der Waals surface area contributed by atoms with E-state index in [0.717, 1.165) is 0 Å². The summed E-state index contributed by atoms with van der Waals surface area (Å²) in [4.78, 5) is 36.3. The summed E-state index contributed by atoms with van der Waals surface area (Å²) in [7, 11) is 1.48. The number of amides is 2. The molecular weight excluding hydrogens is 492 g/mol. The number of carbonyl (C=O) groups excluding carboxylic acids is 2. The van der Waals surface area contributed by atoms with Crippen LogP contribution >= 0.6 is 23.2 Å². The number of rotatable bonds is 6. The van der Waals surface area contributed by atoms with Gasteiger partial charge in [-0.3, -0.25) is 4.79 Å². The molecule has 0 spiro atoms. The second-order valence-corrected chi connectivity index (χ2v) is 8.27. The first kappa shape index (κ1) is 27.8. The molecule has 1 atom stereocenters. The monoisotopic (exact) mass is 511 g/mol. The Morgan fingerprint density at radius 3 is 2.56 bits per heavy atom. The Balaban J connectivity index is 0.00000408. The summed E-state index contributed by atoms with van der Waals surface area (Å²) in [6.07, 6.45) is 0.893. The number of urea groups is 1. The first-order valence-electron chi connectivity index (χ1n) is 9.78. The van der Waals surface area contributed by atoms with Crippen LogP contribution in [0.1, 0.15) is 23.6 Å². The zero-order chi connectivity index (χ0) is 24.3. The Kier molecular flexibility index (Phi) is 9.61. The van der Waals surface area contributed by atoms with Gasteiger partial charge in [-0.1, -0.05) is 41.4 Å². The van der Waals surface area contributed by atoms with Crippen LogP contribution in [0.15, 0.2) is 53.5 Å². The number of aromatic hydroxyl groups is 1. The van der Waals surface area contributed by atoms with Gasteiger partial charge in [0, 0.05) is 46.8 Å². The number of pyridine rings is 1. The zero-order valence-corrected chi connectivity index (χ0v) is 22.2. The predicted molar refractivity (Wildman–Crippen MR) is 125 cm³/mol. The second-order valence-electron chi connectivity index (χ2n) is 7.43. The molecule has 0 aliphatic heterocycles. The van der Waals surface area contributed by atoms with Crippen LogP contribution in [0, 0.1) is 6.92 Å². The Bertz CT molecular complexity index is 1300. The predicted octanol–water partition coefficient (Wildman–Crippen LogP) is 0.380. The summed E-state index contributed by atoms with van der Waals surface area (Å²) in [5.41, 5.74) is 1.20. The summed E-state index contributed by atoms with van der Waals surface area (Å²) in [5.74, 6) is -1.76. The minimum Gasteiger partial charge on any atom is -0.550 e. The minimum absolute atomic E-state index is 0. The summed E-state index contributed by atoms with van der Waals surface area (Å²) < 4.78 is 1.21. The molecule has 0 aliphatic carbocycles. The molecule has 0 saturated heterocycles. The van der Waals surface area contributed by atoms with Gasteiger partial charge in [-0.05, 0) is 42.3 Å². The van der Waals surface area contributed by atoms with E-state index in [0.29, 0.717) is 32.3 Å². The quantitative estimate of drug-likeness (QED) is 0.413. The van der Waals surface area contributed by atoms with Crippen LogP contribution in [0.5, 0.6) is 5.75 Å². The fraction of sp³-hybridized carbons (Fsp3) is 0.174. The Labute approximate surface area is 227 Å². The molecule has 0 aliphatic rings. The zero-order valence-electron chi connectivity index (χ0n) is 18.7. The molecule has 0 fully saturated rings. The number of anilines is 1. The van der Waals surface area contributed by atoms with Crippen LogP contribution < -0.4 is 50.9 Å². The largest absolute Gasteiger partial charge is 1.00 e. The van der Waals surface area contributed by atoms with E-state index in [1.54, 1.807) is 49.4 Å². The summed E-state index contributed by atoms with van der Waals surface area (Å²) in [6.45, 7) is 1.57. The maximum absolute atomic E-state index is 12.6. The number of carboxylic acids is 1. The van der Waals surface area contributed by atoms with E-state index >= 15 is 0 Å². The van der Waals surface area contributed by atoms with E-state index in [1.165, 1.54) is 17.8 Å². The average Bonchev–Trinajstić information content (AvgIpc) is 2.76. The van der Waals surface area contributed by atoms with Gasteiger partial charge in [0.2, 0.25) is 0 Å². The molecule has 1 aromatic heterocycles. The SMILES string of the molecule is Cc1cn(C)c(=O)c(NC(=O)NC(CC(=O)[O-])c2cccc(-c3cc(Cl)ccc3Cl)c2)c1O.[Na+]. The number of nitrogens with one attached hydrogen (secondary N) is 2. The smallest absolute Gasteiger partial charge is 0.550 e. The average molecular weight is 512 g/mol. The Morgan fingerprint density at radius 2 is 1.88 bits per heavy atom. The summed E-state index contributed by atoms with van der Waals surface area (Å²) >= 11 is 12.4. The first-order valence-corrected chi connectivity index (χ1v) is 10.5. The van der Waals surface area contributed by atoms with Crippen molar-refractivity contribution in [3.8, 4) is 16.9 Å². The molecule has 1 unspecified atom stereocenters. The van der Waals surface area contributed by atoms with Crippen LogP contribution in [0.2, 0.25) is 10.0 Å². The number of aromatic nitrogens is 1. The van der Waals surface area contributed by atoms with Gasteiger partial charge in [0.25, 0.3) is 5.56 Å². The topological polar surface area (TPSA) is 123 Å². The normalized spacial score (nSPS) is 11.3. The molecule has 2 aromatic carbocycles. The van der Waals surface area contributed by atoms with Crippen molar-refractivity contribution in [1.82, 2.24) is 9.88 Å². The third-order valence-corrected chi connectivity index (χ3v) is 5.54. The number of halogens is 2. The molecule has 3 N–H and O–H groups in total. The van der Waals surface area contributed by atoms with Crippen LogP contribution in [0.3, 0.4) is 0 Å². The van der Waals surface area contributed by atoms with E-state index < -0.39 is 30.0 Å². The molecule has 1 heterocycles. The molecule has 8 nitrogen and oxygen atoms in total. The van der Waals surface area contributed by atoms with E-state index in [-0.39, 0.29) is 41.0 Å². The van der Waals surface area contributed by atoms with Crippen molar-refractivity contribution in [3.05, 3.63) is 80.2 Å². The van der Waals surface area contributed by atoms with Crippen molar-refractivity contribution in [2.45, 2.75) is 19.4 Å². The number of hydrogen-bond acceptors (Lipinski definition) is 5. The number of aliphatic carboxylic acids is 1. The first-order chi connectivity index (χ1) is 15.6. The molecule has 0 saturated carbocycles. The van der Waals surface area contributed by atoms with E-state index in [4.69, 9.17) is 23.2 Å². The van der Waals surface area contributed by atoms with E-state index in [1.807, 2.05) is 0 Å². The maximum Gasteiger partial charge on any atom is 1.00 e. The van der Waals surface area contributed by atoms with Gasteiger partial charge >= 0.3 is 35.6 Å². The minimum atomic E-state index is -1.39. The number of nitrogens with zero attached hydrogens (tertiary/aromatic N) is 1. The van der Waals surface area contributed by atoms with Gasteiger partial charge in [-0.2, -0.15) is 0 Å². The molecular formula is C23H20Cl2N3NaO5. The van der Waals surface area contributed by atoms with Crippen LogP contribution in [0.4, 0.5) is 10.5 Å². The number of aryl methyl sites for hydroxylation is 2. The summed E-state index contributed by atoms with van der Waals surface area (Å²) in [6, 6.07) is 9.87. The third-order valence-electron chi connectivity index (χ3n) is 4.97. The van der Waals surface area contributed by atoms with Gasteiger partial charge < -0.3 is 30.2 Å². The number of hydrogen-bond donors (Lipinski definition) is 3. The van der Waals surface area contributed by atoms with Gasteiger partial charge in [0.15, 0.2) is 5.69 Å². The van der Waals surface area contributed by atoms with E-state index in [2.05, 4.69) is 10.6 Å². The van der Waals surface area contributed by atoms with Crippen molar-refractivity contribution in [3.63, 3.8) is 0 Å². The van der Waals surface area contributed by atoms with E-state index in [9.17, 15) is 24.6 Å². The fourth-order valence-electron chi connectivity index (χ4n) is 3.37. The van der Waals surface area contributed by atoms with Gasteiger partial charge in [0.1, 0.15) is 5.75 Å². The standard InChI is InChI=1S/C23H21Cl2N3O5.Na/c1-12-11-28(2)22(32)20(21(12)31)27-23(33)26-18(10-19(29)30)14-5-3-4-13(8-14)16-9-15(24)6-7-17(16)25;/h3-9,11,18,31H,10H2,1-2H3,(H,29,30)(H2,26,27,33);/q;+1/p-1. The third kappa shape index (κ3) is 6.55. The van der Waals surface area contributed by atoms with Crippen LogP contribution in [-0.4, -0.2) is 21.7 Å². The van der Waals surface area contributed by atoms with Crippen molar-refractivity contribution >= 4 is 40.9 Å². The van der Waals surface area contributed by atoms with Crippen LogP contribution in [0.25, 0.3) is 11.1 Å². The van der Waals surface area contributed by atoms with Crippen LogP contribution in [-0.2, 0) is 11.8 Å². The van der Waals surface area contributed by atoms with Gasteiger partial charge in [-0.15, -0.1) is 0 Å². The molecule has 3 rings (SSSR count). The Hall–Kier alpha value is -2.49. The number of carboxylic acid groups (broad SMARTS) is 1.